The van der Waals surface area contributed by atoms with Crippen LogP contribution in [0.4, 0.5) is 13.2 Å². The molecule has 3 rings (SSSR count). The Labute approximate surface area is 178 Å². The fraction of sp³-hybridized carbons (Fsp3) is 0.455. The lowest BCUT2D eigenvalue weighted by atomic mass is 9.95. The minimum Gasteiger partial charge on any atom is -0.351 e. The first kappa shape index (κ1) is 22.3. The van der Waals surface area contributed by atoms with E-state index in [2.05, 4.69) is 5.32 Å². The standard InChI is InChI=1S/C22H25F3N2O2S/c1-15-9-11-16(12-10-15)14-27(21(29)22(23,24)25)19(18-8-5-13-30-18)20(28)26-17-6-3-2-4-7-17/h5,8-13,17,19H,2-4,6-7,14H2,1H3,(H,26,28)/t19-/m1/s1. The van der Waals surface area contributed by atoms with Crippen LogP contribution >= 0.6 is 11.3 Å². The lowest BCUT2D eigenvalue weighted by Crippen LogP contribution is -2.49. The third-order valence-electron chi connectivity index (χ3n) is 5.30. The van der Waals surface area contributed by atoms with Gasteiger partial charge in [0.05, 0.1) is 0 Å². The van der Waals surface area contributed by atoms with Gasteiger partial charge in [-0.15, -0.1) is 11.3 Å². The van der Waals surface area contributed by atoms with Crippen LogP contribution in [0.3, 0.4) is 0 Å². The maximum Gasteiger partial charge on any atom is 0.471 e. The van der Waals surface area contributed by atoms with Crippen LogP contribution < -0.4 is 5.32 Å². The predicted molar refractivity (Wildman–Crippen MR) is 110 cm³/mol. The van der Waals surface area contributed by atoms with Gasteiger partial charge in [0, 0.05) is 17.5 Å². The maximum absolute atomic E-state index is 13.5. The molecule has 162 valence electrons. The molecule has 1 saturated carbocycles. The average Bonchev–Trinajstić information content (AvgIpc) is 3.23. The van der Waals surface area contributed by atoms with Gasteiger partial charge < -0.3 is 10.2 Å². The first-order chi connectivity index (χ1) is 14.3. The topological polar surface area (TPSA) is 49.4 Å². The number of hydrogen-bond donors (Lipinski definition) is 1. The Kier molecular flexibility index (Phi) is 7.18. The molecule has 0 radical (unpaired) electrons. The largest absolute Gasteiger partial charge is 0.471 e. The molecular weight excluding hydrogens is 413 g/mol. The number of hydrogen-bond acceptors (Lipinski definition) is 3. The number of carbonyl (C=O) groups is 2. The van der Waals surface area contributed by atoms with E-state index in [4.69, 9.17) is 0 Å². The Hall–Kier alpha value is -2.35. The van der Waals surface area contributed by atoms with Crippen molar-refractivity contribution in [1.82, 2.24) is 10.2 Å². The molecule has 0 bridgehead atoms. The second kappa shape index (κ2) is 9.64. The van der Waals surface area contributed by atoms with E-state index in [1.807, 2.05) is 6.92 Å². The van der Waals surface area contributed by atoms with E-state index >= 15 is 0 Å². The normalized spacial score (nSPS) is 16.1. The summed E-state index contributed by atoms with van der Waals surface area (Å²) in [5, 5.41) is 4.59. The Morgan fingerprint density at radius 2 is 1.80 bits per heavy atom. The number of alkyl halides is 3. The zero-order chi connectivity index (χ0) is 21.7. The van der Waals surface area contributed by atoms with E-state index in [0.717, 1.165) is 37.7 Å². The highest BCUT2D eigenvalue weighted by Crippen LogP contribution is 2.32. The molecule has 1 aromatic carbocycles. The van der Waals surface area contributed by atoms with E-state index < -0.39 is 24.0 Å². The van der Waals surface area contributed by atoms with E-state index in [-0.39, 0.29) is 12.6 Å². The summed E-state index contributed by atoms with van der Waals surface area (Å²) in [5.74, 6) is -2.57. The van der Waals surface area contributed by atoms with Gasteiger partial charge in [-0.25, -0.2) is 0 Å². The number of amides is 2. The summed E-state index contributed by atoms with van der Waals surface area (Å²) in [7, 11) is 0. The van der Waals surface area contributed by atoms with Crippen molar-refractivity contribution < 1.29 is 22.8 Å². The van der Waals surface area contributed by atoms with Gasteiger partial charge in [-0.2, -0.15) is 13.2 Å². The molecule has 1 N–H and O–H groups in total. The average molecular weight is 439 g/mol. The molecule has 1 aromatic heterocycles. The molecule has 8 heteroatoms. The smallest absolute Gasteiger partial charge is 0.351 e. The number of benzene rings is 1. The van der Waals surface area contributed by atoms with Crippen LogP contribution in [0.15, 0.2) is 41.8 Å². The third-order valence-corrected chi connectivity index (χ3v) is 6.23. The zero-order valence-corrected chi connectivity index (χ0v) is 17.6. The third kappa shape index (κ3) is 5.62. The molecule has 0 spiro atoms. The van der Waals surface area contributed by atoms with Crippen molar-refractivity contribution in [2.75, 3.05) is 0 Å². The zero-order valence-electron chi connectivity index (χ0n) is 16.7. The summed E-state index contributed by atoms with van der Waals surface area (Å²) in [6.07, 6.45) is -0.438. The predicted octanol–water partition coefficient (Wildman–Crippen LogP) is 5.14. The molecule has 4 nitrogen and oxygen atoms in total. The summed E-state index contributed by atoms with van der Waals surface area (Å²) in [5.41, 5.74) is 1.49. The van der Waals surface area contributed by atoms with Crippen LogP contribution in [0.2, 0.25) is 0 Å². The molecule has 1 heterocycles. The highest BCUT2D eigenvalue weighted by molar-refractivity contribution is 7.10. The van der Waals surface area contributed by atoms with Gasteiger partial charge in [-0.1, -0.05) is 55.2 Å². The fourth-order valence-corrected chi connectivity index (χ4v) is 4.57. The summed E-state index contributed by atoms with van der Waals surface area (Å²) in [4.78, 5) is 26.6. The minimum atomic E-state index is -5.08. The Morgan fingerprint density at radius 3 is 2.37 bits per heavy atom. The van der Waals surface area contributed by atoms with Crippen LogP contribution in [0.1, 0.15) is 54.1 Å². The lowest BCUT2D eigenvalue weighted by Gasteiger charge is -2.33. The van der Waals surface area contributed by atoms with Crippen molar-refractivity contribution in [1.29, 1.82) is 0 Å². The van der Waals surface area contributed by atoms with Crippen molar-refractivity contribution in [2.45, 2.75) is 63.8 Å². The van der Waals surface area contributed by atoms with Crippen molar-refractivity contribution >= 4 is 23.2 Å². The van der Waals surface area contributed by atoms with Crippen molar-refractivity contribution in [3.63, 3.8) is 0 Å². The molecule has 0 saturated heterocycles. The van der Waals surface area contributed by atoms with Gasteiger partial charge in [0.25, 0.3) is 0 Å². The van der Waals surface area contributed by atoms with E-state index in [1.54, 1.807) is 41.8 Å². The number of halogens is 3. The van der Waals surface area contributed by atoms with E-state index in [9.17, 15) is 22.8 Å². The van der Waals surface area contributed by atoms with Crippen LogP contribution in [0.5, 0.6) is 0 Å². The first-order valence-electron chi connectivity index (χ1n) is 10.0. The van der Waals surface area contributed by atoms with E-state index in [1.165, 1.54) is 11.3 Å². The molecule has 30 heavy (non-hydrogen) atoms. The monoisotopic (exact) mass is 438 g/mol. The first-order valence-corrected chi connectivity index (χ1v) is 10.9. The number of nitrogens with one attached hydrogen (secondary N) is 1. The number of thiophene rings is 1. The summed E-state index contributed by atoms with van der Waals surface area (Å²) in [6, 6.07) is 8.76. The molecule has 1 fully saturated rings. The van der Waals surface area contributed by atoms with Gasteiger partial charge in [-0.05, 0) is 36.8 Å². The molecule has 1 aliphatic carbocycles. The summed E-state index contributed by atoms with van der Waals surface area (Å²) < 4.78 is 40.4. The van der Waals surface area contributed by atoms with Crippen LogP contribution in [-0.4, -0.2) is 28.9 Å². The molecule has 1 aliphatic rings. The minimum absolute atomic E-state index is 0.0732. The van der Waals surface area contributed by atoms with Crippen molar-refractivity contribution in [3.05, 3.63) is 57.8 Å². The Bertz CT molecular complexity index is 844. The van der Waals surface area contributed by atoms with Gasteiger partial charge in [0.15, 0.2) is 0 Å². The molecule has 0 aliphatic heterocycles. The summed E-state index contributed by atoms with van der Waals surface area (Å²) >= 11 is 1.17. The number of rotatable bonds is 6. The quantitative estimate of drug-likeness (QED) is 0.679. The Balaban J connectivity index is 1.94. The van der Waals surface area contributed by atoms with Gasteiger partial charge in [0.1, 0.15) is 6.04 Å². The Morgan fingerprint density at radius 1 is 1.13 bits per heavy atom. The molecular formula is C22H25F3N2O2S. The van der Waals surface area contributed by atoms with Crippen LogP contribution in [-0.2, 0) is 16.1 Å². The summed E-state index contributed by atoms with van der Waals surface area (Å²) in [6.45, 7) is 1.56. The molecule has 2 amide bonds. The fourth-order valence-electron chi connectivity index (χ4n) is 3.73. The van der Waals surface area contributed by atoms with E-state index in [0.29, 0.717) is 15.3 Å². The number of nitrogens with zero attached hydrogens (tertiary/aromatic N) is 1. The van der Waals surface area contributed by atoms with Crippen LogP contribution in [0.25, 0.3) is 0 Å². The van der Waals surface area contributed by atoms with Gasteiger partial charge in [-0.3, -0.25) is 9.59 Å². The highest BCUT2D eigenvalue weighted by atomic mass is 32.1. The molecule has 1 atom stereocenters. The van der Waals surface area contributed by atoms with Crippen LogP contribution in [0, 0.1) is 6.92 Å². The molecule has 0 unspecified atom stereocenters. The SMILES string of the molecule is Cc1ccc(CN(C(=O)C(F)(F)F)[C@@H](C(=O)NC2CCCCC2)c2cccs2)cc1. The van der Waals surface area contributed by atoms with Gasteiger partial charge >= 0.3 is 12.1 Å². The highest BCUT2D eigenvalue weighted by Gasteiger charge is 2.47. The number of carbonyl (C=O) groups excluding carboxylic acids is 2. The maximum atomic E-state index is 13.5. The second-order valence-electron chi connectivity index (χ2n) is 7.68. The number of aryl methyl sites for hydroxylation is 1. The second-order valence-corrected chi connectivity index (χ2v) is 8.66. The van der Waals surface area contributed by atoms with Crippen molar-refractivity contribution in [2.24, 2.45) is 0 Å². The van der Waals surface area contributed by atoms with Crippen molar-refractivity contribution in [3.8, 4) is 0 Å². The van der Waals surface area contributed by atoms with Gasteiger partial charge in [0.2, 0.25) is 5.91 Å². The lowest BCUT2D eigenvalue weighted by molar-refractivity contribution is -0.189. The molecule has 2 aromatic rings.